The van der Waals surface area contributed by atoms with Crippen molar-refractivity contribution in [1.82, 2.24) is 19.7 Å². The summed E-state index contributed by atoms with van der Waals surface area (Å²) in [4.78, 5) is 8.46. The third-order valence-electron chi connectivity index (χ3n) is 4.58. The van der Waals surface area contributed by atoms with Crippen molar-refractivity contribution < 1.29 is 0 Å². The van der Waals surface area contributed by atoms with Gasteiger partial charge in [-0.3, -0.25) is 0 Å². The Morgan fingerprint density at radius 2 is 2.33 bits per heavy atom. The Kier molecular flexibility index (Phi) is 2.91. The van der Waals surface area contributed by atoms with Gasteiger partial charge in [0.05, 0.1) is 15.5 Å². The van der Waals surface area contributed by atoms with E-state index in [0.29, 0.717) is 12.0 Å². The maximum atomic E-state index is 6.52. The number of pyridine rings is 1. The Morgan fingerprint density at radius 1 is 1.48 bits per heavy atom. The van der Waals surface area contributed by atoms with Crippen molar-refractivity contribution in [3.63, 3.8) is 0 Å². The molecule has 1 aliphatic carbocycles. The van der Waals surface area contributed by atoms with Gasteiger partial charge in [-0.2, -0.15) is 0 Å². The van der Waals surface area contributed by atoms with Crippen LogP contribution in [0.15, 0.2) is 17.0 Å². The van der Waals surface area contributed by atoms with Crippen molar-refractivity contribution in [2.45, 2.75) is 30.7 Å². The van der Waals surface area contributed by atoms with E-state index in [9.17, 15) is 0 Å². The summed E-state index contributed by atoms with van der Waals surface area (Å²) in [7, 11) is 0. The van der Waals surface area contributed by atoms with E-state index in [2.05, 4.69) is 36.3 Å². The Hall–Kier alpha value is -1.34. The molecule has 1 aliphatic heterocycles. The fraction of sp³-hybridized carbons (Fsp3) is 0.462. The molecule has 0 bridgehead atoms. The number of hydrogen-bond donors (Lipinski definition) is 2. The second-order valence-electron chi connectivity index (χ2n) is 5.76. The summed E-state index contributed by atoms with van der Waals surface area (Å²) < 4.78 is 2.72. The van der Waals surface area contributed by atoms with Crippen LogP contribution in [0.2, 0.25) is 5.02 Å². The lowest BCUT2D eigenvalue weighted by Gasteiger charge is -2.24. The highest BCUT2D eigenvalue weighted by molar-refractivity contribution is 9.10. The maximum absolute atomic E-state index is 6.52. The van der Waals surface area contributed by atoms with E-state index >= 15 is 0 Å². The monoisotopic (exact) mass is 368 g/mol. The van der Waals surface area contributed by atoms with E-state index < -0.39 is 0 Å². The van der Waals surface area contributed by atoms with E-state index in [1.807, 2.05) is 4.68 Å². The minimum absolute atomic E-state index is 0.0224. The van der Waals surface area contributed by atoms with Crippen molar-refractivity contribution in [2.75, 3.05) is 17.6 Å². The lowest BCUT2D eigenvalue weighted by Crippen LogP contribution is -2.26. The van der Waals surface area contributed by atoms with Crippen LogP contribution in [0.1, 0.15) is 30.9 Å². The molecule has 4 rings (SSSR count). The molecule has 1 saturated carbocycles. The van der Waals surface area contributed by atoms with Gasteiger partial charge in [-0.15, -0.1) is 5.10 Å². The van der Waals surface area contributed by atoms with Gasteiger partial charge in [0, 0.05) is 23.7 Å². The number of hydrogen-bond acceptors (Lipinski definition) is 5. The van der Waals surface area contributed by atoms with Crippen LogP contribution in [0.5, 0.6) is 0 Å². The van der Waals surface area contributed by atoms with Crippen LogP contribution in [0.25, 0.3) is 0 Å². The third-order valence-corrected chi connectivity index (χ3v) is 5.80. The van der Waals surface area contributed by atoms with Gasteiger partial charge >= 0.3 is 0 Å². The summed E-state index contributed by atoms with van der Waals surface area (Å²) in [5.74, 6) is 1.23. The zero-order chi connectivity index (χ0) is 14.6. The van der Waals surface area contributed by atoms with Gasteiger partial charge < -0.3 is 11.1 Å². The first kappa shape index (κ1) is 13.3. The van der Waals surface area contributed by atoms with E-state index in [-0.39, 0.29) is 5.41 Å². The van der Waals surface area contributed by atoms with Gasteiger partial charge in [-0.25, -0.2) is 14.6 Å². The highest BCUT2D eigenvalue weighted by atomic mass is 79.9. The second-order valence-corrected chi connectivity index (χ2v) is 6.99. The lowest BCUT2D eigenvalue weighted by atomic mass is 9.81. The molecule has 3 N–H and O–H groups in total. The van der Waals surface area contributed by atoms with E-state index in [0.717, 1.165) is 46.7 Å². The van der Waals surface area contributed by atoms with Gasteiger partial charge in [0.25, 0.3) is 0 Å². The van der Waals surface area contributed by atoms with Gasteiger partial charge in [-0.05, 0) is 35.2 Å². The summed E-state index contributed by atoms with van der Waals surface area (Å²) in [6.45, 7) is 0.867. The van der Waals surface area contributed by atoms with Crippen molar-refractivity contribution in [3.8, 4) is 0 Å². The molecule has 0 unspecified atom stereocenters. The predicted octanol–water partition coefficient (Wildman–Crippen LogP) is 2.76. The molecule has 2 aliphatic rings. The molecular weight excluding hydrogens is 356 g/mol. The Balaban J connectivity index is 1.72. The summed E-state index contributed by atoms with van der Waals surface area (Å²) in [6, 6.07) is 0.303. The molecule has 1 spiro atoms. The zero-order valence-corrected chi connectivity index (χ0v) is 13.5. The van der Waals surface area contributed by atoms with Gasteiger partial charge in [-0.1, -0.05) is 11.6 Å². The van der Waals surface area contributed by atoms with Crippen molar-refractivity contribution in [1.29, 1.82) is 0 Å². The second kappa shape index (κ2) is 4.58. The van der Waals surface area contributed by atoms with Crippen LogP contribution in [-0.2, 0) is 5.41 Å². The van der Waals surface area contributed by atoms with E-state index in [4.69, 9.17) is 17.3 Å². The fourth-order valence-electron chi connectivity index (χ4n) is 3.60. The molecule has 2 aromatic heterocycles. The third kappa shape index (κ3) is 1.94. The number of halogens is 2. The molecule has 0 radical (unpaired) electrons. The smallest absolute Gasteiger partial charge is 0.239 e. The average molecular weight is 370 g/mol. The molecule has 6 nitrogen and oxygen atoms in total. The highest BCUT2D eigenvalue weighted by Crippen LogP contribution is 2.53. The number of nitrogens with one attached hydrogen (secondary N) is 1. The maximum Gasteiger partial charge on any atom is 0.239 e. The zero-order valence-electron chi connectivity index (χ0n) is 11.2. The fourth-order valence-corrected chi connectivity index (χ4v) is 4.24. The number of anilines is 2. The van der Waals surface area contributed by atoms with Crippen LogP contribution in [0.3, 0.4) is 0 Å². The molecule has 0 amide bonds. The van der Waals surface area contributed by atoms with Crippen molar-refractivity contribution in [3.05, 3.63) is 27.6 Å². The first-order chi connectivity index (χ1) is 10.1. The summed E-state index contributed by atoms with van der Waals surface area (Å²) >= 11 is 10.0. The number of nitrogens with two attached hydrogens (primary N) is 1. The Labute approximate surface area is 135 Å². The van der Waals surface area contributed by atoms with Gasteiger partial charge in [0.1, 0.15) is 12.1 Å². The Bertz CT molecular complexity index is 717. The molecule has 2 atom stereocenters. The number of rotatable bonds is 1. The van der Waals surface area contributed by atoms with E-state index in [1.54, 1.807) is 12.5 Å². The molecule has 2 aromatic rings. The van der Waals surface area contributed by atoms with E-state index in [1.165, 1.54) is 0 Å². The summed E-state index contributed by atoms with van der Waals surface area (Å²) in [5.41, 5.74) is 6.77. The molecule has 3 heterocycles. The molecule has 110 valence electrons. The molecule has 0 aromatic carbocycles. The van der Waals surface area contributed by atoms with Gasteiger partial charge in [0.2, 0.25) is 5.95 Å². The molecule has 21 heavy (non-hydrogen) atoms. The number of nitrogen functional groups attached to an aromatic ring is 1. The largest absolute Gasteiger partial charge is 0.369 e. The van der Waals surface area contributed by atoms with Crippen LogP contribution in [0, 0.1) is 0 Å². The highest BCUT2D eigenvalue weighted by Gasteiger charge is 2.48. The van der Waals surface area contributed by atoms with Crippen LogP contribution < -0.4 is 11.1 Å². The summed E-state index contributed by atoms with van der Waals surface area (Å²) in [5, 5.41) is 8.41. The van der Waals surface area contributed by atoms with Crippen LogP contribution in [0.4, 0.5) is 11.8 Å². The van der Waals surface area contributed by atoms with Crippen molar-refractivity contribution in [2.24, 2.45) is 0 Å². The van der Waals surface area contributed by atoms with Crippen molar-refractivity contribution >= 4 is 39.3 Å². The molecular formula is C13H14BrClN6. The molecule has 1 fully saturated rings. The topological polar surface area (TPSA) is 81.6 Å². The summed E-state index contributed by atoms with van der Waals surface area (Å²) in [6.07, 6.45) is 6.51. The first-order valence-electron chi connectivity index (χ1n) is 6.84. The number of fused-ring (bicyclic) bond motifs is 2. The minimum atomic E-state index is 0.0224. The normalized spacial score (nSPS) is 27.0. The first-order valence-corrected chi connectivity index (χ1v) is 8.01. The lowest BCUT2D eigenvalue weighted by molar-refractivity contribution is 0.418. The number of nitrogens with zero attached hydrogens (tertiary/aromatic N) is 4. The molecule has 8 heteroatoms. The molecule has 0 saturated heterocycles. The Morgan fingerprint density at radius 3 is 3.10 bits per heavy atom. The minimum Gasteiger partial charge on any atom is -0.369 e. The number of aromatic nitrogens is 4. The SMILES string of the molecule is Nc1ncn([C@H]2CC[C@@]3(CNc4ncc(Br)c(Cl)c43)C2)n1. The quantitative estimate of drug-likeness (QED) is 0.808. The average Bonchev–Trinajstić information content (AvgIpc) is 3.15. The van der Waals surface area contributed by atoms with Gasteiger partial charge in [0.15, 0.2) is 0 Å². The van der Waals surface area contributed by atoms with Crippen LogP contribution in [-0.4, -0.2) is 26.3 Å². The standard InChI is InChI=1S/C13H14BrClN6/c14-8-4-17-11-9(10(8)15)13(5-18-11)2-1-7(3-13)21-6-19-12(16)20-21/h4,6-7H,1-3,5H2,(H2,16,20)(H,17,18)/t7-,13-/m0/s1. The predicted molar refractivity (Wildman–Crippen MR) is 84.4 cm³/mol. The van der Waals surface area contributed by atoms with Crippen LogP contribution >= 0.6 is 27.5 Å².